The van der Waals surface area contributed by atoms with E-state index in [2.05, 4.69) is 25.5 Å². The van der Waals surface area contributed by atoms with Crippen LogP contribution in [0.25, 0.3) is 11.3 Å². The molecule has 1 N–H and O–H groups in total. The molecule has 0 unspecified atom stereocenters. The van der Waals surface area contributed by atoms with Gasteiger partial charge >= 0.3 is 0 Å². The summed E-state index contributed by atoms with van der Waals surface area (Å²) in [7, 11) is 3.95. The molecule has 1 aliphatic carbocycles. The van der Waals surface area contributed by atoms with Gasteiger partial charge in [-0.05, 0) is 50.3 Å². The maximum atomic E-state index is 12.8. The topological polar surface area (TPSA) is 84.1 Å². The second-order valence-electron chi connectivity index (χ2n) is 9.44. The summed E-state index contributed by atoms with van der Waals surface area (Å²) in [6, 6.07) is 6.31. The molecule has 0 bridgehead atoms. The Bertz CT molecular complexity index is 1150. The monoisotopic (exact) mass is 448 g/mol. The zero-order chi connectivity index (χ0) is 22.8. The molecule has 0 spiro atoms. The van der Waals surface area contributed by atoms with E-state index < -0.39 is 0 Å². The van der Waals surface area contributed by atoms with Gasteiger partial charge in [0.2, 0.25) is 0 Å². The summed E-state index contributed by atoms with van der Waals surface area (Å²) < 4.78 is 3.33. The van der Waals surface area contributed by atoms with Crippen LogP contribution in [0.3, 0.4) is 0 Å². The van der Waals surface area contributed by atoms with Crippen molar-refractivity contribution < 1.29 is 0 Å². The van der Waals surface area contributed by atoms with Gasteiger partial charge < -0.3 is 15.1 Å². The van der Waals surface area contributed by atoms with Crippen molar-refractivity contribution in [1.82, 2.24) is 29.9 Å². The van der Waals surface area contributed by atoms with E-state index in [1.807, 2.05) is 49.7 Å². The van der Waals surface area contributed by atoms with Gasteiger partial charge in [-0.3, -0.25) is 14.3 Å². The minimum absolute atomic E-state index is 0.0334. The predicted octanol–water partition coefficient (Wildman–Crippen LogP) is 2.04. The van der Waals surface area contributed by atoms with E-state index in [9.17, 15) is 4.79 Å². The second kappa shape index (κ2) is 9.35. The first-order valence-corrected chi connectivity index (χ1v) is 11.8. The van der Waals surface area contributed by atoms with Gasteiger partial charge in [-0.15, -0.1) is 5.10 Å². The highest BCUT2D eigenvalue weighted by Crippen LogP contribution is 2.28. The summed E-state index contributed by atoms with van der Waals surface area (Å²) in [4.78, 5) is 21.4. The molecule has 1 aliphatic heterocycles. The number of aromatic nitrogens is 5. The molecule has 2 aliphatic rings. The van der Waals surface area contributed by atoms with E-state index in [1.165, 1.54) is 19.3 Å². The smallest absolute Gasteiger partial charge is 0.254 e. The summed E-state index contributed by atoms with van der Waals surface area (Å²) >= 11 is 0. The van der Waals surface area contributed by atoms with Crippen LogP contribution in [-0.2, 0) is 6.67 Å². The maximum absolute atomic E-state index is 12.8. The van der Waals surface area contributed by atoms with E-state index in [0.29, 0.717) is 12.7 Å². The van der Waals surface area contributed by atoms with Gasteiger partial charge in [0.25, 0.3) is 5.56 Å². The first kappa shape index (κ1) is 21.6. The van der Waals surface area contributed by atoms with Crippen LogP contribution in [0.15, 0.2) is 47.8 Å². The molecule has 33 heavy (non-hydrogen) atoms. The lowest BCUT2D eigenvalue weighted by Crippen LogP contribution is -2.46. The maximum Gasteiger partial charge on any atom is 0.254 e. The van der Waals surface area contributed by atoms with Crippen molar-refractivity contribution in [3.8, 4) is 11.3 Å². The van der Waals surface area contributed by atoms with Crippen LogP contribution < -0.4 is 20.7 Å². The number of rotatable bonds is 8. The molecule has 1 saturated heterocycles. The Morgan fingerprint density at radius 2 is 2.06 bits per heavy atom. The first-order valence-electron chi connectivity index (χ1n) is 11.8. The Labute approximate surface area is 194 Å². The highest BCUT2D eigenvalue weighted by Gasteiger charge is 2.25. The Kier molecular flexibility index (Phi) is 6.13. The van der Waals surface area contributed by atoms with E-state index in [4.69, 9.17) is 0 Å². The minimum atomic E-state index is -0.0334. The van der Waals surface area contributed by atoms with Crippen LogP contribution in [0.2, 0.25) is 0 Å². The molecule has 0 aromatic carbocycles. The van der Waals surface area contributed by atoms with Gasteiger partial charge in [0.05, 0.1) is 18.1 Å². The lowest BCUT2D eigenvalue weighted by Gasteiger charge is -2.35. The van der Waals surface area contributed by atoms with Crippen LogP contribution in [0, 0.1) is 5.92 Å². The number of pyridine rings is 2. The molecule has 174 valence electrons. The quantitative estimate of drug-likeness (QED) is 0.565. The minimum Gasteiger partial charge on any atom is -0.376 e. The van der Waals surface area contributed by atoms with Gasteiger partial charge in [-0.25, -0.2) is 4.68 Å². The largest absolute Gasteiger partial charge is 0.376 e. The molecule has 1 atom stereocenters. The highest BCUT2D eigenvalue weighted by atomic mass is 16.1. The molecule has 0 radical (unpaired) electrons. The number of nitrogens with one attached hydrogen (secondary N) is 1. The SMILES string of the molecule is CN(C)c1cncc(-c2cn(Cn3ccc(N4CCC[C@@H](NCC5CC5)C4)cc3=O)nn2)c1. The molecule has 9 nitrogen and oxygen atoms in total. The number of nitrogens with zero attached hydrogens (tertiary/aromatic N) is 7. The van der Waals surface area contributed by atoms with E-state index in [1.54, 1.807) is 21.5 Å². The first-order chi connectivity index (χ1) is 16.0. The van der Waals surface area contributed by atoms with Crippen molar-refractivity contribution in [3.63, 3.8) is 0 Å². The van der Waals surface area contributed by atoms with E-state index in [-0.39, 0.29) is 5.56 Å². The molecule has 0 amide bonds. The number of hydrogen-bond donors (Lipinski definition) is 1. The molecule has 2 fully saturated rings. The molecule has 1 saturated carbocycles. The molecule has 4 heterocycles. The fourth-order valence-corrected chi connectivity index (χ4v) is 4.31. The Morgan fingerprint density at radius 1 is 1.18 bits per heavy atom. The fourth-order valence-electron chi connectivity index (χ4n) is 4.31. The zero-order valence-electron chi connectivity index (χ0n) is 19.4. The number of piperidine rings is 1. The normalized spacial score (nSPS) is 18.5. The molecule has 3 aromatic heterocycles. The molecule has 9 heteroatoms. The fraction of sp³-hybridized carbons (Fsp3) is 0.500. The van der Waals surface area contributed by atoms with Crippen molar-refractivity contribution in [3.05, 3.63) is 53.3 Å². The third-order valence-electron chi connectivity index (χ3n) is 6.53. The second-order valence-corrected chi connectivity index (χ2v) is 9.44. The molecular formula is C24H32N8O. The average Bonchev–Trinajstić information content (AvgIpc) is 3.55. The van der Waals surface area contributed by atoms with Crippen molar-refractivity contribution in [2.75, 3.05) is 43.5 Å². The van der Waals surface area contributed by atoms with Crippen LogP contribution in [-0.4, -0.2) is 64.3 Å². The van der Waals surface area contributed by atoms with Gasteiger partial charge in [-0.2, -0.15) is 0 Å². The van der Waals surface area contributed by atoms with Crippen LogP contribution in [0.5, 0.6) is 0 Å². The van der Waals surface area contributed by atoms with E-state index in [0.717, 1.165) is 54.6 Å². The molecule has 3 aromatic rings. The van der Waals surface area contributed by atoms with Gasteiger partial charge in [-0.1, -0.05) is 5.21 Å². The lowest BCUT2D eigenvalue weighted by atomic mass is 10.0. The highest BCUT2D eigenvalue weighted by molar-refractivity contribution is 5.62. The summed E-state index contributed by atoms with van der Waals surface area (Å²) in [6.07, 6.45) is 12.4. The average molecular weight is 449 g/mol. The molecular weight excluding hydrogens is 416 g/mol. The summed E-state index contributed by atoms with van der Waals surface area (Å²) in [5, 5.41) is 12.2. The number of anilines is 2. The molecule has 5 rings (SSSR count). The van der Waals surface area contributed by atoms with Crippen LogP contribution >= 0.6 is 0 Å². The predicted molar refractivity (Wildman–Crippen MR) is 130 cm³/mol. The van der Waals surface area contributed by atoms with Crippen molar-refractivity contribution in [2.45, 2.75) is 38.4 Å². The van der Waals surface area contributed by atoms with Crippen LogP contribution in [0.1, 0.15) is 25.7 Å². The lowest BCUT2D eigenvalue weighted by molar-refractivity contribution is 0.416. The Morgan fingerprint density at radius 3 is 2.85 bits per heavy atom. The van der Waals surface area contributed by atoms with Gasteiger partial charge in [0, 0.05) is 62.9 Å². The van der Waals surface area contributed by atoms with E-state index >= 15 is 0 Å². The standard InChI is InChI=1S/C24H32N8O/c1-29(2)22-10-19(13-25-14-22)23-16-32(28-27-23)17-31-9-7-21(11-24(31)33)30-8-3-4-20(15-30)26-12-18-5-6-18/h7,9-11,13-14,16,18,20,26H,3-6,8,12,15,17H2,1-2H3/t20-/m1/s1. The third-order valence-corrected chi connectivity index (χ3v) is 6.53. The zero-order valence-corrected chi connectivity index (χ0v) is 19.4. The summed E-state index contributed by atoms with van der Waals surface area (Å²) in [6.45, 7) is 3.41. The third kappa shape index (κ3) is 5.24. The summed E-state index contributed by atoms with van der Waals surface area (Å²) in [5.41, 5.74) is 3.59. The Balaban J connectivity index is 1.25. The van der Waals surface area contributed by atoms with Crippen molar-refractivity contribution in [1.29, 1.82) is 0 Å². The van der Waals surface area contributed by atoms with Crippen molar-refractivity contribution in [2.24, 2.45) is 5.92 Å². The van der Waals surface area contributed by atoms with Crippen molar-refractivity contribution >= 4 is 11.4 Å². The summed E-state index contributed by atoms with van der Waals surface area (Å²) in [5.74, 6) is 0.884. The Hall–Kier alpha value is -3.20. The van der Waals surface area contributed by atoms with Gasteiger partial charge in [0.1, 0.15) is 12.4 Å². The van der Waals surface area contributed by atoms with Gasteiger partial charge in [0.15, 0.2) is 0 Å². The van der Waals surface area contributed by atoms with Crippen LogP contribution in [0.4, 0.5) is 11.4 Å². The number of hydrogen-bond acceptors (Lipinski definition) is 7.